The van der Waals surface area contributed by atoms with Gasteiger partial charge in [-0.15, -0.1) is 11.8 Å². The quantitative estimate of drug-likeness (QED) is 0.241. The molecule has 0 saturated carbocycles. The highest BCUT2D eigenvalue weighted by molar-refractivity contribution is 7.98. The van der Waals surface area contributed by atoms with Gasteiger partial charge in [0.2, 0.25) is 5.91 Å². The van der Waals surface area contributed by atoms with Gasteiger partial charge in [-0.25, -0.2) is 0 Å². The first-order chi connectivity index (χ1) is 15.9. The van der Waals surface area contributed by atoms with E-state index in [1.54, 1.807) is 31.2 Å². The van der Waals surface area contributed by atoms with Crippen molar-refractivity contribution < 1.29 is 13.9 Å². The third-order valence-electron chi connectivity index (χ3n) is 5.75. The monoisotopic (exact) mass is 457 g/mol. The maximum atomic E-state index is 12.8. The van der Waals surface area contributed by atoms with Gasteiger partial charge in [-0.2, -0.15) is 0 Å². The molecule has 0 spiro atoms. The van der Waals surface area contributed by atoms with E-state index in [0.29, 0.717) is 5.75 Å². The Morgan fingerprint density at radius 3 is 2.52 bits per heavy atom. The highest BCUT2D eigenvalue weighted by atomic mass is 32.2. The number of amides is 1. The van der Waals surface area contributed by atoms with Gasteiger partial charge in [-0.05, 0) is 56.4 Å². The Labute approximate surface area is 198 Å². The Bertz CT molecular complexity index is 1350. The lowest BCUT2D eigenvalue weighted by Gasteiger charge is -2.14. The lowest BCUT2D eigenvalue weighted by Crippen LogP contribution is -2.09. The van der Waals surface area contributed by atoms with Crippen molar-refractivity contribution in [1.82, 2.24) is 0 Å². The van der Waals surface area contributed by atoms with Crippen LogP contribution in [0, 0.1) is 13.8 Å². The fraction of sp³-hybridized carbons (Fsp3) is 0.179. The van der Waals surface area contributed by atoms with Crippen molar-refractivity contribution in [2.75, 3.05) is 18.7 Å². The topological polar surface area (TPSA) is 51.5 Å². The minimum atomic E-state index is -0.181. The van der Waals surface area contributed by atoms with E-state index >= 15 is 0 Å². The number of ether oxygens (including phenoxy) is 1. The Morgan fingerprint density at radius 1 is 1.09 bits per heavy atom. The number of benzene rings is 3. The maximum absolute atomic E-state index is 12.8. The Hall–Kier alpha value is -3.44. The number of fused-ring (bicyclic) bond motifs is 1. The number of furan rings is 1. The third kappa shape index (κ3) is 4.55. The van der Waals surface area contributed by atoms with Gasteiger partial charge in [0.15, 0.2) is 0 Å². The number of allylic oxidation sites excluding steroid dienone is 1. The minimum absolute atomic E-state index is 0.181. The van der Waals surface area contributed by atoms with Crippen LogP contribution in [0.25, 0.3) is 27.7 Å². The van der Waals surface area contributed by atoms with E-state index in [9.17, 15) is 4.79 Å². The van der Waals surface area contributed by atoms with Crippen LogP contribution in [0.1, 0.15) is 23.6 Å². The number of methoxy groups -OCH3 is 1. The zero-order chi connectivity index (χ0) is 23.5. The van der Waals surface area contributed by atoms with Gasteiger partial charge < -0.3 is 14.5 Å². The van der Waals surface area contributed by atoms with Gasteiger partial charge in [-0.3, -0.25) is 4.79 Å². The molecule has 0 aliphatic rings. The highest BCUT2D eigenvalue weighted by Gasteiger charge is 2.19. The molecule has 4 nitrogen and oxygen atoms in total. The highest BCUT2D eigenvalue weighted by Crippen LogP contribution is 2.40. The van der Waals surface area contributed by atoms with E-state index < -0.39 is 0 Å². The van der Waals surface area contributed by atoms with Crippen molar-refractivity contribution >= 4 is 39.9 Å². The number of aryl methyl sites for hydroxylation is 2. The summed E-state index contributed by atoms with van der Waals surface area (Å²) >= 11 is 1.60. The molecule has 0 aliphatic heterocycles. The molecule has 33 heavy (non-hydrogen) atoms. The molecule has 0 aliphatic carbocycles. The fourth-order valence-corrected chi connectivity index (χ4v) is 4.57. The summed E-state index contributed by atoms with van der Waals surface area (Å²) in [5.41, 5.74) is 7.48. The number of nitrogens with one attached hydrogen (secondary N) is 1. The van der Waals surface area contributed by atoms with Gasteiger partial charge in [-0.1, -0.05) is 42.0 Å². The van der Waals surface area contributed by atoms with E-state index in [-0.39, 0.29) is 5.91 Å². The molecule has 1 aromatic heterocycles. The predicted octanol–water partition coefficient (Wildman–Crippen LogP) is 7.49. The van der Waals surface area contributed by atoms with Crippen LogP contribution in [0.4, 0.5) is 5.69 Å². The molecule has 168 valence electrons. The second-order valence-corrected chi connectivity index (χ2v) is 8.84. The number of anilines is 1. The molecular formula is C28H27NO3S. The summed E-state index contributed by atoms with van der Waals surface area (Å²) in [5.74, 6) is 0.526. The Morgan fingerprint density at radius 2 is 1.82 bits per heavy atom. The van der Waals surface area contributed by atoms with Crippen molar-refractivity contribution in [3.8, 4) is 16.9 Å². The van der Waals surface area contributed by atoms with Gasteiger partial charge in [0.25, 0.3) is 0 Å². The van der Waals surface area contributed by atoms with Gasteiger partial charge >= 0.3 is 0 Å². The van der Waals surface area contributed by atoms with E-state index in [4.69, 9.17) is 9.15 Å². The summed E-state index contributed by atoms with van der Waals surface area (Å²) < 4.78 is 11.7. The summed E-state index contributed by atoms with van der Waals surface area (Å²) in [5, 5.41) is 3.99. The fourth-order valence-electron chi connectivity index (χ4n) is 4.02. The number of carbonyl (C=O) groups is 1. The third-order valence-corrected chi connectivity index (χ3v) is 6.54. The molecule has 0 saturated heterocycles. The van der Waals surface area contributed by atoms with Crippen molar-refractivity contribution in [1.29, 1.82) is 0 Å². The summed E-state index contributed by atoms with van der Waals surface area (Å²) in [6.45, 7) is 5.98. The van der Waals surface area contributed by atoms with E-state index in [2.05, 4.69) is 42.6 Å². The first kappa shape index (κ1) is 22.7. The van der Waals surface area contributed by atoms with Crippen LogP contribution in [-0.4, -0.2) is 19.3 Å². The molecule has 0 radical (unpaired) electrons. The molecule has 5 heteroatoms. The number of thioether (sulfide) groups is 1. The molecule has 0 fully saturated rings. The average Bonchev–Trinajstić information content (AvgIpc) is 3.24. The van der Waals surface area contributed by atoms with Crippen molar-refractivity contribution in [2.24, 2.45) is 0 Å². The second kappa shape index (κ2) is 9.59. The van der Waals surface area contributed by atoms with Crippen molar-refractivity contribution in [3.63, 3.8) is 0 Å². The number of para-hydroxylation sites is 1. The van der Waals surface area contributed by atoms with Crippen LogP contribution in [0.15, 0.2) is 76.2 Å². The second-order valence-electron chi connectivity index (χ2n) is 7.99. The largest absolute Gasteiger partial charge is 0.496 e. The molecule has 0 bridgehead atoms. The first-order valence-electron chi connectivity index (χ1n) is 10.7. The minimum Gasteiger partial charge on any atom is -0.496 e. The average molecular weight is 458 g/mol. The molecular weight excluding hydrogens is 430 g/mol. The summed E-state index contributed by atoms with van der Waals surface area (Å²) in [6.07, 6.45) is 5.40. The molecule has 1 amide bonds. The molecule has 4 aromatic rings. The first-order valence-corrected chi connectivity index (χ1v) is 11.9. The summed E-state index contributed by atoms with van der Waals surface area (Å²) in [6, 6.07) is 18.2. The van der Waals surface area contributed by atoms with Gasteiger partial charge in [0, 0.05) is 33.0 Å². The van der Waals surface area contributed by atoms with E-state index in [1.807, 2.05) is 44.4 Å². The number of hydrogen-bond acceptors (Lipinski definition) is 4. The maximum Gasteiger partial charge on any atom is 0.248 e. The van der Waals surface area contributed by atoms with Crippen LogP contribution in [0.3, 0.4) is 0 Å². The van der Waals surface area contributed by atoms with Crippen LogP contribution in [-0.2, 0) is 4.79 Å². The van der Waals surface area contributed by atoms with Crippen LogP contribution < -0.4 is 10.1 Å². The standard InChI is InChI=1S/C28H27NO3S/c1-17-10-12-20(13-11-17)23-16-32-28-19(3)27(31-4)21(15-22(23)28)18(2)14-26(30)29-24-8-6-7-9-25(24)33-5/h6-16H,1-5H3,(H,29,30)/b18-14+. The normalized spacial score (nSPS) is 11.6. The molecule has 0 unspecified atom stereocenters. The molecule has 1 N–H and O–H groups in total. The molecule has 0 atom stereocenters. The molecule has 1 heterocycles. The smallest absolute Gasteiger partial charge is 0.248 e. The zero-order valence-corrected chi connectivity index (χ0v) is 20.3. The lowest BCUT2D eigenvalue weighted by atomic mass is 9.96. The van der Waals surface area contributed by atoms with Gasteiger partial charge in [0.05, 0.1) is 19.1 Å². The SMILES string of the molecule is COc1c(/C(C)=C/C(=O)Nc2ccccc2SC)cc2c(-c3ccc(C)cc3)coc2c1C. The van der Waals surface area contributed by atoms with Crippen molar-refractivity contribution in [3.05, 3.63) is 83.6 Å². The zero-order valence-electron chi connectivity index (χ0n) is 19.5. The van der Waals surface area contributed by atoms with Gasteiger partial charge in [0.1, 0.15) is 11.3 Å². The lowest BCUT2D eigenvalue weighted by molar-refractivity contribution is -0.111. The van der Waals surface area contributed by atoms with Crippen molar-refractivity contribution in [2.45, 2.75) is 25.7 Å². The van der Waals surface area contributed by atoms with Crippen LogP contribution >= 0.6 is 11.8 Å². The summed E-state index contributed by atoms with van der Waals surface area (Å²) in [4.78, 5) is 13.8. The Kier molecular flexibility index (Phi) is 6.61. The van der Waals surface area contributed by atoms with E-state index in [0.717, 1.165) is 49.4 Å². The Balaban J connectivity index is 1.76. The number of hydrogen-bond donors (Lipinski definition) is 1. The van der Waals surface area contributed by atoms with Crippen LogP contribution in [0.2, 0.25) is 0 Å². The van der Waals surface area contributed by atoms with Crippen LogP contribution in [0.5, 0.6) is 5.75 Å². The summed E-state index contributed by atoms with van der Waals surface area (Å²) in [7, 11) is 1.64. The molecule has 3 aromatic carbocycles. The predicted molar refractivity (Wildman–Crippen MR) is 138 cm³/mol. The number of rotatable bonds is 6. The van der Waals surface area contributed by atoms with E-state index in [1.165, 1.54) is 5.56 Å². The molecule has 4 rings (SSSR count). The number of carbonyl (C=O) groups excluding carboxylic acids is 1.